The Kier molecular flexibility index (Phi) is 5.06. The summed E-state index contributed by atoms with van der Waals surface area (Å²) in [6.45, 7) is 11.3. The molecule has 0 N–H and O–H groups in total. The highest BCUT2D eigenvalue weighted by Crippen LogP contribution is 2.23. The van der Waals surface area contributed by atoms with Gasteiger partial charge in [-0.15, -0.1) is 0 Å². The first-order chi connectivity index (χ1) is 11.5. The van der Waals surface area contributed by atoms with Gasteiger partial charge in [0.15, 0.2) is 0 Å². The summed E-state index contributed by atoms with van der Waals surface area (Å²) in [6, 6.07) is 10.6. The van der Waals surface area contributed by atoms with Crippen molar-refractivity contribution >= 4 is 6.34 Å². The molecule has 2 aliphatic rings. The molecule has 2 aliphatic heterocycles. The number of hydrogen-bond acceptors (Lipinski definition) is 3. The van der Waals surface area contributed by atoms with E-state index in [1.54, 1.807) is 0 Å². The third kappa shape index (κ3) is 4.72. The molecule has 0 bridgehead atoms. The van der Waals surface area contributed by atoms with Crippen molar-refractivity contribution in [3.05, 3.63) is 47.2 Å². The second-order valence-electron chi connectivity index (χ2n) is 7.70. The zero-order chi connectivity index (χ0) is 17.0. The van der Waals surface area contributed by atoms with Gasteiger partial charge in [0.2, 0.25) is 0 Å². The first-order valence-corrected chi connectivity index (χ1v) is 8.75. The van der Waals surface area contributed by atoms with Crippen LogP contribution < -0.4 is 0 Å². The summed E-state index contributed by atoms with van der Waals surface area (Å²) in [5.74, 6) is 6.68. The van der Waals surface area contributed by atoms with Gasteiger partial charge < -0.3 is 4.90 Å². The molecule has 3 rings (SSSR count). The van der Waals surface area contributed by atoms with Gasteiger partial charge in [0.25, 0.3) is 0 Å². The molecule has 1 aromatic carbocycles. The van der Waals surface area contributed by atoms with Crippen LogP contribution in [-0.2, 0) is 6.54 Å². The molecular formula is C21H27N3. The predicted octanol–water partition coefficient (Wildman–Crippen LogP) is 3.54. The van der Waals surface area contributed by atoms with Gasteiger partial charge in [-0.1, -0.05) is 42.2 Å². The van der Waals surface area contributed by atoms with Crippen LogP contribution in [0.15, 0.2) is 46.6 Å². The van der Waals surface area contributed by atoms with Crippen LogP contribution in [0.4, 0.5) is 0 Å². The smallest absolute Gasteiger partial charge is 0.0914 e. The van der Waals surface area contributed by atoms with Crippen molar-refractivity contribution < 1.29 is 0 Å². The molecule has 1 aromatic rings. The predicted molar refractivity (Wildman–Crippen MR) is 101 cm³/mol. The van der Waals surface area contributed by atoms with Crippen molar-refractivity contribution in [2.45, 2.75) is 33.7 Å². The van der Waals surface area contributed by atoms with E-state index in [9.17, 15) is 0 Å². The van der Waals surface area contributed by atoms with E-state index in [-0.39, 0.29) is 5.41 Å². The van der Waals surface area contributed by atoms with Crippen molar-refractivity contribution in [3.8, 4) is 11.8 Å². The Morgan fingerprint density at radius 2 is 1.92 bits per heavy atom. The van der Waals surface area contributed by atoms with Crippen LogP contribution in [0.2, 0.25) is 0 Å². The molecule has 24 heavy (non-hydrogen) atoms. The van der Waals surface area contributed by atoms with Gasteiger partial charge in [0.05, 0.1) is 12.9 Å². The summed E-state index contributed by atoms with van der Waals surface area (Å²) in [7, 11) is 0. The Balaban J connectivity index is 1.58. The Morgan fingerprint density at radius 1 is 1.12 bits per heavy atom. The van der Waals surface area contributed by atoms with Gasteiger partial charge in [-0.25, -0.2) is 4.99 Å². The van der Waals surface area contributed by atoms with E-state index in [1.165, 1.54) is 16.8 Å². The van der Waals surface area contributed by atoms with Crippen LogP contribution in [0.25, 0.3) is 0 Å². The molecule has 0 fully saturated rings. The molecule has 0 saturated heterocycles. The first kappa shape index (κ1) is 16.8. The van der Waals surface area contributed by atoms with E-state index in [2.05, 4.69) is 72.7 Å². The number of nitrogens with zero attached hydrogens (tertiary/aromatic N) is 3. The summed E-state index contributed by atoms with van der Waals surface area (Å²) in [6.07, 6.45) is 3.06. The van der Waals surface area contributed by atoms with Crippen LogP contribution in [0.1, 0.15) is 32.8 Å². The Labute approximate surface area is 146 Å². The lowest BCUT2D eigenvalue weighted by Gasteiger charge is -2.33. The van der Waals surface area contributed by atoms with Gasteiger partial charge in [0.1, 0.15) is 0 Å². The van der Waals surface area contributed by atoms with Gasteiger partial charge in [-0.3, -0.25) is 4.90 Å². The fourth-order valence-corrected chi connectivity index (χ4v) is 3.08. The second kappa shape index (κ2) is 7.23. The average molecular weight is 321 g/mol. The average Bonchev–Trinajstić information content (AvgIpc) is 2.54. The lowest BCUT2D eigenvalue weighted by atomic mass is 9.98. The van der Waals surface area contributed by atoms with E-state index < -0.39 is 0 Å². The Morgan fingerprint density at radius 3 is 2.67 bits per heavy atom. The van der Waals surface area contributed by atoms with Gasteiger partial charge in [-0.05, 0) is 31.9 Å². The highest BCUT2D eigenvalue weighted by molar-refractivity contribution is 5.60. The summed E-state index contributed by atoms with van der Waals surface area (Å²) in [5, 5.41) is 0. The van der Waals surface area contributed by atoms with Gasteiger partial charge in [-0.2, -0.15) is 0 Å². The van der Waals surface area contributed by atoms with Gasteiger partial charge >= 0.3 is 0 Å². The minimum absolute atomic E-state index is 0.0851. The van der Waals surface area contributed by atoms with Crippen molar-refractivity contribution in [1.29, 1.82) is 0 Å². The molecule has 126 valence electrons. The van der Waals surface area contributed by atoms with Crippen LogP contribution in [0, 0.1) is 17.3 Å². The number of benzene rings is 1. The Bertz CT molecular complexity index is 683. The molecule has 0 unspecified atom stereocenters. The standard InChI is InChI=1S/C21H27N3/c1-21(2,3)11-7-12-23-13-10-20-19(15-23)16-24(17-22-20)14-18-8-5-4-6-9-18/h4-6,8-9,17H,10,12-16H2,1-3H3. The maximum atomic E-state index is 4.70. The van der Waals surface area contributed by atoms with Crippen LogP contribution in [0.3, 0.4) is 0 Å². The molecule has 0 saturated carbocycles. The fourth-order valence-electron chi connectivity index (χ4n) is 3.08. The van der Waals surface area contributed by atoms with Crippen molar-refractivity contribution in [1.82, 2.24) is 9.80 Å². The minimum atomic E-state index is 0.0851. The third-order valence-electron chi connectivity index (χ3n) is 4.25. The number of rotatable bonds is 3. The highest BCUT2D eigenvalue weighted by atomic mass is 15.2. The highest BCUT2D eigenvalue weighted by Gasteiger charge is 2.22. The van der Waals surface area contributed by atoms with Crippen molar-refractivity contribution in [2.24, 2.45) is 10.4 Å². The van der Waals surface area contributed by atoms with E-state index >= 15 is 0 Å². The fraction of sp³-hybridized carbons (Fsp3) is 0.476. The molecule has 3 heteroatoms. The van der Waals surface area contributed by atoms with E-state index in [0.717, 1.165) is 39.1 Å². The summed E-state index contributed by atoms with van der Waals surface area (Å²) in [5.41, 5.74) is 4.16. The number of aliphatic imine (C=N–C) groups is 1. The number of hydrogen-bond donors (Lipinski definition) is 0. The molecular weight excluding hydrogens is 294 g/mol. The third-order valence-corrected chi connectivity index (χ3v) is 4.25. The van der Waals surface area contributed by atoms with Crippen molar-refractivity contribution in [2.75, 3.05) is 26.2 Å². The van der Waals surface area contributed by atoms with Crippen LogP contribution >= 0.6 is 0 Å². The SMILES string of the molecule is CC(C)(C)C#CCN1CCC2=C(CN(Cc3ccccc3)C=N2)C1. The van der Waals surface area contributed by atoms with E-state index in [0.29, 0.717) is 0 Å². The molecule has 0 radical (unpaired) electrons. The van der Waals surface area contributed by atoms with Gasteiger partial charge in [0, 0.05) is 43.7 Å². The normalized spacial score (nSPS) is 18.2. The lowest BCUT2D eigenvalue weighted by Crippen LogP contribution is -2.38. The van der Waals surface area contributed by atoms with E-state index in [1.807, 2.05) is 6.34 Å². The zero-order valence-electron chi connectivity index (χ0n) is 15.0. The topological polar surface area (TPSA) is 18.8 Å². The maximum Gasteiger partial charge on any atom is 0.0914 e. The molecule has 2 heterocycles. The summed E-state index contributed by atoms with van der Waals surface area (Å²) >= 11 is 0. The van der Waals surface area contributed by atoms with E-state index in [4.69, 9.17) is 4.99 Å². The lowest BCUT2D eigenvalue weighted by molar-refractivity contribution is 0.300. The van der Waals surface area contributed by atoms with Crippen molar-refractivity contribution in [3.63, 3.8) is 0 Å². The zero-order valence-corrected chi connectivity index (χ0v) is 15.0. The largest absolute Gasteiger partial charge is 0.354 e. The minimum Gasteiger partial charge on any atom is -0.354 e. The summed E-state index contributed by atoms with van der Waals surface area (Å²) in [4.78, 5) is 9.45. The maximum absolute atomic E-state index is 4.70. The molecule has 3 nitrogen and oxygen atoms in total. The molecule has 0 aromatic heterocycles. The monoisotopic (exact) mass is 321 g/mol. The first-order valence-electron chi connectivity index (χ1n) is 8.75. The molecule has 0 aliphatic carbocycles. The second-order valence-corrected chi connectivity index (χ2v) is 7.70. The van der Waals surface area contributed by atoms with Crippen LogP contribution in [-0.4, -0.2) is 42.3 Å². The Hall–Kier alpha value is -2.05. The quantitative estimate of drug-likeness (QED) is 0.793. The van der Waals surface area contributed by atoms with Crippen LogP contribution in [0.5, 0.6) is 0 Å². The molecule has 0 atom stereocenters. The molecule has 0 amide bonds. The molecule has 0 spiro atoms. The summed E-state index contributed by atoms with van der Waals surface area (Å²) < 4.78 is 0.